The zero-order valence-corrected chi connectivity index (χ0v) is 22.8. The lowest BCUT2D eigenvalue weighted by molar-refractivity contribution is -0.137. The molecule has 43 heavy (non-hydrogen) atoms. The molecule has 0 radical (unpaired) electrons. The van der Waals surface area contributed by atoms with Crippen LogP contribution in [-0.2, 0) is 17.9 Å². The SMILES string of the molecule is O=C(O)Cn1c(-c2ccc(OCCOc3ccc(F)cc3)cc2)ncc(NCc2ccc3oc4ccccc4c3c2)c1=O. The third-order valence-corrected chi connectivity index (χ3v) is 6.81. The van der Waals surface area contributed by atoms with Gasteiger partial charge in [0, 0.05) is 22.9 Å². The molecule has 2 heterocycles. The first-order chi connectivity index (χ1) is 20.9. The molecule has 0 atom stereocenters. The molecule has 0 saturated heterocycles. The average molecular weight is 580 g/mol. The second-order valence-electron chi connectivity index (χ2n) is 9.74. The molecule has 0 amide bonds. The van der Waals surface area contributed by atoms with Gasteiger partial charge in [0.15, 0.2) is 0 Å². The van der Waals surface area contributed by atoms with Crippen LogP contribution in [0, 0.1) is 5.82 Å². The Balaban J connectivity index is 1.15. The fraction of sp³-hybridized carbons (Fsp3) is 0.121. The topological polar surface area (TPSA) is 116 Å². The van der Waals surface area contributed by atoms with Crippen LogP contribution in [0.2, 0.25) is 0 Å². The predicted molar refractivity (Wildman–Crippen MR) is 160 cm³/mol. The number of hydrogen-bond donors (Lipinski definition) is 2. The van der Waals surface area contributed by atoms with Gasteiger partial charge in [0.25, 0.3) is 5.56 Å². The van der Waals surface area contributed by atoms with Crippen molar-refractivity contribution in [3.8, 4) is 22.9 Å². The summed E-state index contributed by atoms with van der Waals surface area (Å²) in [7, 11) is 0. The van der Waals surface area contributed by atoms with Crippen LogP contribution in [0.5, 0.6) is 11.5 Å². The fourth-order valence-electron chi connectivity index (χ4n) is 4.76. The van der Waals surface area contributed by atoms with Crippen molar-refractivity contribution in [2.45, 2.75) is 13.1 Å². The largest absolute Gasteiger partial charge is 0.490 e. The highest BCUT2D eigenvalue weighted by atomic mass is 19.1. The molecule has 2 aromatic heterocycles. The number of aromatic nitrogens is 2. The number of halogens is 1. The van der Waals surface area contributed by atoms with Crippen LogP contribution in [-0.4, -0.2) is 33.8 Å². The Morgan fingerprint density at radius 2 is 1.56 bits per heavy atom. The Kier molecular flexibility index (Phi) is 7.73. The van der Waals surface area contributed by atoms with Gasteiger partial charge in [-0.3, -0.25) is 14.2 Å². The summed E-state index contributed by atoms with van der Waals surface area (Å²) in [6.07, 6.45) is 1.42. The third kappa shape index (κ3) is 6.18. The summed E-state index contributed by atoms with van der Waals surface area (Å²) >= 11 is 0. The second kappa shape index (κ2) is 12.1. The van der Waals surface area contributed by atoms with Gasteiger partial charge >= 0.3 is 5.97 Å². The molecule has 0 spiro atoms. The van der Waals surface area contributed by atoms with Crippen molar-refractivity contribution in [3.63, 3.8) is 0 Å². The van der Waals surface area contributed by atoms with Crippen molar-refractivity contribution in [1.82, 2.24) is 9.55 Å². The number of fused-ring (bicyclic) bond motifs is 3. The number of rotatable bonds is 11. The molecule has 2 N–H and O–H groups in total. The van der Waals surface area contributed by atoms with Gasteiger partial charge in [-0.1, -0.05) is 24.3 Å². The standard InChI is InChI=1S/C33H26FN3O6/c34-23-8-12-25(13-9-23)42-16-15-41-24-10-6-22(7-11-24)32-36-19-28(33(40)37(32)20-31(38)39)35-18-21-5-14-30-27(17-21)26-3-1-2-4-29(26)43-30/h1-14,17,19,35H,15-16,18,20H2,(H,38,39). The van der Waals surface area contributed by atoms with Crippen LogP contribution in [0.25, 0.3) is 33.3 Å². The molecule has 6 rings (SSSR count). The first kappa shape index (κ1) is 27.5. The fourth-order valence-corrected chi connectivity index (χ4v) is 4.76. The van der Waals surface area contributed by atoms with E-state index in [-0.39, 0.29) is 30.5 Å². The van der Waals surface area contributed by atoms with Gasteiger partial charge in [-0.15, -0.1) is 0 Å². The molecule has 0 aliphatic rings. The van der Waals surface area contributed by atoms with Gasteiger partial charge < -0.3 is 24.3 Å². The summed E-state index contributed by atoms with van der Waals surface area (Å²) in [4.78, 5) is 29.5. The van der Waals surface area contributed by atoms with E-state index in [1.165, 1.54) is 30.5 Å². The number of carboxylic acids is 1. The van der Waals surface area contributed by atoms with Crippen molar-refractivity contribution in [2.24, 2.45) is 0 Å². The van der Waals surface area contributed by atoms with Crippen LogP contribution in [0.4, 0.5) is 10.1 Å². The monoisotopic (exact) mass is 579 g/mol. The Hall–Kier alpha value is -5.64. The minimum absolute atomic E-state index is 0.184. The van der Waals surface area contributed by atoms with Crippen molar-refractivity contribution >= 4 is 33.6 Å². The highest BCUT2D eigenvalue weighted by Crippen LogP contribution is 2.29. The number of aliphatic carboxylic acids is 1. The quantitative estimate of drug-likeness (QED) is 0.177. The van der Waals surface area contributed by atoms with Crippen LogP contribution in [0.3, 0.4) is 0 Å². The molecule has 0 saturated carbocycles. The lowest BCUT2D eigenvalue weighted by Gasteiger charge is -2.14. The number of ether oxygens (including phenoxy) is 2. The summed E-state index contributed by atoms with van der Waals surface area (Å²) in [6, 6.07) is 26.1. The number of nitrogens with zero attached hydrogens (tertiary/aromatic N) is 2. The number of benzene rings is 4. The molecule has 6 aromatic rings. The number of hydrogen-bond acceptors (Lipinski definition) is 7. The van der Waals surface area contributed by atoms with Gasteiger partial charge in [0.05, 0.1) is 6.20 Å². The van der Waals surface area contributed by atoms with Gasteiger partial charge in [-0.05, 0) is 72.3 Å². The van der Waals surface area contributed by atoms with Crippen LogP contribution in [0.15, 0.2) is 106 Å². The first-order valence-electron chi connectivity index (χ1n) is 13.5. The maximum Gasteiger partial charge on any atom is 0.323 e. The molecule has 9 nitrogen and oxygen atoms in total. The lowest BCUT2D eigenvalue weighted by atomic mass is 10.1. The van der Waals surface area contributed by atoms with Crippen LogP contribution < -0.4 is 20.3 Å². The highest BCUT2D eigenvalue weighted by molar-refractivity contribution is 6.05. The maximum absolute atomic E-state index is 13.4. The zero-order valence-electron chi connectivity index (χ0n) is 22.8. The molecule has 0 aliphatic carbocycles. The van der Waals surface area contributed by atoms with Crippen LogP contribution in [0.1, 0.15) is 5.56 Å². The Labute approximate surface area is 244 Å². The first-order valence-corrected chi connectivity index (χ1v) is 13.5. The maximum atomic E-state index is 13.4. The Bertz CT molecular complexity index is 1970. The van der Waals surface area contributed by atoms with E-state index in [1.54, 1.807) is 24.3 Å². The molecule has 0 unspecified atom stereocenters. The highest BCUT2D eigenvalue weighted by Gasteiger charge is 2.15. The van der Waals surface area contributed by atoms with E-state index in [1.807, 2.05) is 42.5 Å². The summed E-state index contributed by atoms with van der Waals surface area (Å²) in [5, 5.41) is 14.6. The van der Waals surface area contributed by atoms with Crippen molar-refractivity contribution in [3.05, 3.63) is 119 Å². The third-order valence-electron chi connectivity index (χ3n) is 6.81. The number of anilines is 1. The summed E-state index contributed by atoms with van der Waals surface area (Å²) in [6.45, 7) is 0.287. The van der Waals surface area contributed by atoms with E-state index in [0.717, 1.165) is 32.1 Å². The van der Waals surface area contributed by atoms with E-state index in [0.29, 0.717) is 23.6 Å². The van der Waals surface area contributed by atoms with Gasteiger partial charge in [-0.25, -0.2) is 9.37 Å². The van der Waals surface area contributed by atoms with Gasteiger partial charge in [0.2, 0.25) is 0 Å². The number of nitrogens with one attached hydrogen (secondary N) is 1. The molecule has 216 valence electrons. The minimum atomic E-state index is -1.17. The number of carbonyl (C=O) groups is 1. The summed E-state index contributed by atoms with van der Waals surface area (Å²) < 4.78 is 31.3. The van der Waals surface area contributed by atoms with E-state index >= 15 is 0 Å². The van der Waals surface area contributed by atoms with Gasteiger partial charge in [-0.2, -0.15) is 0 Å². The molecular formula is C33H26FN3O6. The Morgan fingerprint density at radius 3 is 2.28 bits per heavy atom. The van der Waals surface area contributed by atoms with E-state index in [9.17, 15) is 19.1 Å². The van der Waals surface area contributed by atoms with E-state index < -0.39 is 18.1 Å². The smallest absolute Gasteiger partial charge is 0.323 e. The second-order valence-corrected chi connectivity index (χ2v) is 9.74. The number of furan rings is 1. The van der Waals surface area contributed by atoms with Gasteiger partial charge in [0.1, 0.15) is 59.8 Å². The lowest BCUT2D eigenvalue weighted by Crippen LogP contribution is -2.28. The molecule has 0 fully saturated rings. The molecule has 4 aromatic carbocycles. The minimum Gasteiger partial charge on any atom is -0.490 e. The summed E-state index contributed by atoms with van der Waals surface area (Å²) in [5.74, 6) is -0.195. The van der Waals surface area contributed by atoms with Crippen molar-refractivity contribution in [1.29, 1.82) is 0 Å². The Morgan fingerprint density at radius 1 is 0.884 bits per heavy atom. The molecule has 0 bridgehead atoms. The average Bonchev–Trinajstić information content (AvgIpc) is 3.39. The molecule has 0 aliphatic heterocycles. The molecule has 10 heteroatoms. The molecular weight excluding hydrogens is 553 g/mol. The zero-order chi connectivity index (χ0) is 29.8. The van der Waals surface area contributed by atoms with Crippen molar-refractivity contribution in [2.75, 3.05) is 18.5 Å². The van der Waals surface area contributed by atoms with Crippen LogP contribution >= 0.6 is 0 Å². The van der Waals surface area contributed by atoms with Crippen molar-refractivity contribution < 1.29 is 28.2 Å². The predicted octanol–water partition coefficient (Wildman–Crippen LogP) is 6.10. The number of para-hydroxylation sites is 1. The van der Waals surface area contributed by atoms with E-state index in [4.69, 9.17) is 13.9 Å². The summed E-state index contributed by atoms with van der Waals surface area (Å²) in [5.41, 5.74) is 2.73. The normalized spacial score (nSPS) is 11.1. The van der Waals surface area contributed by atoms with E-state index in [2.05, 4.69) is 10.3 Å². The number of carboxylic acid groups (broad SMARTS) is 1.